The van der Waals surface area contributed by atoms with Crippen molar-refractivity contribution in [3.8, 4) is 0 Å². The molecule has 0 spiro atoms. The van der Waals surface area contributed by atoms with Crippen LogP contribution in [0.2, 0.25) is 0 Å². The van der Waals surface area contributed by atoms with Gasteiger partial charge in [-0.15, -0.1) is 0 Å². The molecule has 0 aromatic rings. The van der Waals surface area contributed by atoms with Gasteiger partial charge in [0.05, 0.1) is 0 Å². The molecule has 0 saturated carbocycles. The van der Waals surface area contributed by atoms with Crippen LogP contribution >= 0.6 is 0 Å². The van der Waals surface area contributed by atoms with E-state index in [4.69, 9.17) is 0 Å². The zero-order valence-corrected chi connectivity index (χ0v) is 8.65. The van der Waals surface area contributed by atoms with E-state index in [1.807, 2.05) is 0 Å². The van der Waals surface area contributed by atoms with Crippen molar-refractivity contribution in [3.63, 3.8) is 0 Å². The van der Waals surface area contributed by atoms with E-state index >= 15 is 0 Å². The molecule has 0 amide bonds. The summed E-state index contributed by atoms with van der Waals surface area (Å²) in [6.07, 6.45) is -10.7. The quantitative estimate of drug-likeness (QED) is 0.554. The van der Waals surface area contributed by atoms with E-state index in [1.165, 1.54) is 13.8 Å². The topological polar surface area (TPSA) is 18.5 Å². The number of halogens is 6. The maximum Gasteiger partial charge on any atom is 0.411 e. The molecule has 0 bridgehead atoms. The summed E-state index contributed by atoms with van der Waals surface area (Å²) < 4.78 is 78.9. The number of alkyl halides is 6. The van der Waals surface area contributed by atoms with Crippen LogP contribution < -0.4 is 0 Å². The van der Waals surface area contributed by atoms with Gasteiger partial charge in [-0.1, -0.05) is 13.8 Å². The minimum Gasteiger partial charge on any atom is -0.343 e. The summed E-state index contributed by atoms with van der Waals surface area (Å²) in [6.45, 7) is -0.462. The molecule has 0 atom stereocenters. The monoisotopic (exact) mass is 254 g/mol. The highest BCUT2D eigenvalue weighted by Gasteiger charge is 2.33. The molecule has 0 aliphatic heterocycles. The Kier molecular flexibility index (Phi) is 5.54. The molecule has 0 saturated heterocycles. The van der Waals surface area contributed by atoms with Gasteiger partial charge in [0.25, 0.3) is 0 Å². The Labute approximate surface area is 88.5 Å². The van der Waals surface area contributed by atoms with Crippen molar-refractivity contribution in [3.05, 3.63) is 0 Å². The highest BCUT2D eigenvalue weighted by Crippen LogP contribution is 2.21. The Morgan fingerprint density at radius 1 is 0.812 bits per heavy atom. The van der Waals surface area contributed by atoms with E-state index in [-0.39, 0.29) is 0 Å². The second kappa shape index (κ2) is 5.72. The van der Waals surface area contributed by atoms with Crippen molar-refractivity contribution in [2.24, 2.45) is 5.92 Å². The third-order valence-corrected chi connectivity index (χ3v) is 1.37. The lowest BCUT2D eigenvalue weighted by Crippen LogP contribution is -2.32. The van der Waals surface area contributed by atoms with Gasteiger partial charge in [0.15, 0.2) is 6.29 Å². The van der Waals surface area contributed by atoms with Crippen molar-refractivity contribution >= 4 is 0 Å². The van der Waals surface area contributed by atoms with Crippen LogP contribution in [0, 0.1) is 5.92 Å². The predicted octanol–water partition coefficient (Wildman–Crippen LogP) is 3.13. The number of hydrogen-bond acceptors (Lipinski definition) is 2. The van der Waals surface area contributed by atoms with E-state index in [9.17, 15) is 26.3 Å². The summed E-state index contributed by atoms with van der Waals surface area (Å²) in [5, 5.41) is 0. The molecular formula is C8H12F6O2. The lowest BCUT2D eigenvalue weighted by molar-refractivity contribution is -0.268. The fraction of sp³-hybridized carbons (Fsp3) is 1.00. The molecule has 16 heavy (non-hydrogen) atoms. The van der Waals surface area contributed by atoms with Gasteiger partial charge in [-0.3, -0.25) is 0 Å². The molecular weight excluding hydrogens is 242 g/mol. The third-order valence-electron chi connectivity index (χ3n) is 1.37. The molecule has 0 unspecified atom stereocenters. The van der Waals surface area contributed by atoms with Crippen LogP contribution in [0.1, 0.15) is 13.8 Å². The third kappa shape index (κ3) is 8.78. The molecule has 0 fully saturated rings. The largest absolute Gasteiger partial charge is 0.411 e. The molecule has 0 aliphatic rings. The average molecular weight is 254 g/mol. The van der Waals surface area contributed by atoms with Crippen molar-refractivity contribution in [1.82, 2.24) is 0 Å². The normalized spacial score (nSPS) is 13.9. The van der Waals surface area contributed by atoms with Crippen molar-refractivity contribution in [1.29, 1.82) is 0 Å². The molecule has 2 nitrogen and oxygen atoms in total. The summed E-state index contributed by atoms with van der Waals surface area (Å²) >= 11 is 0. The second-order valence-electron chi connectivity index (χ2n) is 3.46. The van der Waals surface area contributed by atoms with Crippen LogP contribution in [0.3, 0.4) is 0 Å². The van der Waals surface area contributed by atoms with Gasteiger partial charge in [0, 0.05) is 5.92 Å². The minimum absolute atomic E-state index is 0.607. The van der Waals surface area contributed by atoms with Crippen LogP contribution in [0.4, 0.5) is 26.3 Å². The molecule has 0 heterocycles. The fourth-order valence-electron chi connectivity index (χ4n) is 0.786. The van der Waals surface area contributed by atoms with Gasteiger partial charge < -0.3 is 9.47 Å². The van der Waals surface area contributed by atoms with E-state index in [0.717, 1.165) is 0 Å². The van der Waals surface area contributed by atoms with Crippen molar-refractivity contribution in [2.45, 2.75) is 32.5 Å². The Balaban J connectivity index is 4.09. The van der Waals surface area contributed by atoms with Gasteiger partial charge >= 0.3 is 12.4 Å². The smallest absolute Gasteiger partial charge is 0.343 e. The molecule has 0 aliphatic carbocycles. The van der Waals surface area contributed by atoms with Crippen molar-refractivity contribution < 1.29 is 35.8 Å². The zero-order valence-electron chi connectivity index (χ0n) is 8.65. The van der Waals surface area contributed by atoms with E-state index in [2.05, 4.69) is 9.47 Å². The maximum absolute atomic E-state index is 11.8. The van der Waals surface area contributed by atoms with Crippen LogP contribution in [0.5, 0.6) is 0 Å². The highest BCUT2D eigenvalue weighted by atomic mass is 19.4. The minimum atomic E-state index is -4.59. The molecule has 0 radical (unpaired) electrons. The summed E-state index contributed by atoms with van der Waals surface area (Å²) in [6, 6.07) is 0. The summed E-state index contributed by atoms with van der Waals surface area (Å²) in [5.41, 5.74) is 0. The Bertz CT molecular complexity index is 180. The van der Waals surface area contributed by atoms with Gasteiger partial charge in [0.1, 0.15) is 13.2 Å². The van der Waals surface area contributed by atoms with Gasteiger partial charge in [-0.05, 0) is 0 Å². The van der Waals surface area contributed by atoms with Crippen molar-refractivity contribution in [2.75, 3.05) is 13.2 Å². The summed E-state index contributed by atoms with van der Waals surface area (Å²) in [5.74, 6) is -0.607. The van der Waals surface area contributed by atoms with E-state index in [1.54, 1.807) is 0 Å². The second-order valence-corrected chi connectivity index (χ2v) is 3.46. The first-order chi connectivity index (χ1) is 7.01. The van der Waals surface area contributed by atoms with E-state index in [0.29, 0.717) is 0 Å². The van der Waals surface area contributed by atoms with Crippen LogP contribution in [-0.2, 0) is 9.47 Å². The van der Waals surface area contributed by atoms with Crippen LogP contribution in [-0.4, -0.2) is 31.9 Å². The molecule has 98 valence electrons. The lowest BCUT2D eigenvalue weighted by Gasteiger charge is -2.23. The Hall–Kier alpha value is -0.500. The van der Waals surface area contributed by atoms with Gasteiger partial charge in [0.2, 0.25) is 0 Å². The Morgan fingerprint density at radius 3 is 1.31 bits per heavy atom. The number of rotatable bonds is 5. The number of ether oxygens (including phenoxy) is 2. The standard InChI is InChI=1S/C8H12F6O2/c1-5(2)6(15-3-7(9,10)11)16-4-8(12,13)14/h5-6H,3-4H2,1-2H3. The first kappa shape index (κ1) is 15.5. The van der Waals surface area contributed by atoms with E-state index < -0.39 is 37.8 Å². The fourth-order valence-corrected chi connectivity index (χ4v) is 0.786. The molecule has 0 N–H and O–H groups in total. The summed E-state index contributed by atoms with van der Waals surface area (Å²) in [7, 11) is 0. The van der Waals surface area contributed by atoms with Crippen LogP contribution in [0.15, 0.2) is 0 Å². The highest BCUT2D eigenvalue weighted by molar-refractivity contribution is 4.56. The van der Waals surface area contributed by atoms with Gasteiger partial charge in [-0.25, -0.2) is 0 Å². The predicted molar refractivity (Wildman–Crippen MR) is 42.6 cm³/mol. The van der Waals surface area contributed by atoms with Gasteiger partial charge in [-0.2, -0.15) is 26.3 Å². The lowest BCUT2D eigenvalue weighted by atomic mass is 10.2. The van der Waals surface area contributed by atoms with Crippen LogP contribution in [0.25, 0.3) is 0 Å². The number of hydrogen-bond donors (Lipinski definition) is 0. The summed E-state index contributed by atoms with van der Waals surface area (Å²) in [4.78, 5) is 0. The average Bonchev–Trinajstić information content (AvgIpc) is 1.98. The molecule has 0 aromatic heterocycles. The SMILES string of the molecule is CC(C)C(OCC(F)(F)F)OCC(F)(F)F. The molecule has 0 rings (SSSR count). The first-order valence-electron chi connectivity index (χ1n) is 4.38. The molecule has 8 heteroatoms. The zero-order chi connectivity index (χ0) is 13.0. The maximum atomic E-state index is 11.8. The Morgan fingerprint density at radius 2 is 1.12 bits per heavy atom. The molecule has 0 aromatic carbocycles. The first-order valence-corrected chi connectivity index (χ1v) is 4.38.